The Bertz CT molecular complexity index is 1190. The van der Waals surface area contributed by atoms with Crippen LogP contribution in [0.4, 0.5) is 0 Å². The molecule has 0 unspecified atom stereocenters. The number of esters is 1. The first-order valence-electron chi connectivity index (χ1n) is 13.6. The van der Waals surface area contributed by atoms with Crippen molar-refractivity contribution in [3.8, 4) is 0 Å². The van der Waals surface area contributed by atoms with E-state index in [0.29, 0.717) is 29.8 Å². The molecule has 4 rings (SSSR count). The van der Waals surface area contributed by atoms with E-state index in [9.17, 15) is 19.8 Å². The first-order valence-corrected chi connectivity index (χ1v) is 13.6. The van der Waals surface area contributed by atoms with Gasteiger partial charge in [0.15, 0.2) is 11.5 Å². The second-order valence-corrected chi connectivity index (χ2v) is 11.9. The minimum Gasteiger partial charge on any atom is -0.457 e. The van der Waals surface area contributed by atoms with Crippen LogP contribution in [0.25, 0.3) is 11.1 Å². The van der Waals surface area contributed by atoms with Crippen LogP contribution in [0, 0.1) is 24.2 Å². The van der Waals surface area contributed by atoms with Crippen molar-refractivity contribution in [1.29, 1.82) is 0 Å². The number of oxazole rings is 1. The van der Waals surface area contributed by atoms with Gasteiger partial charge in [-0.05, 0) is 49.8 Å². The summed E-state index contributed by atoms with van der Waals surface area (Å²) < 4.78 is 17.6. The lowest BCUT2D eigenvalue weighted by atomic mass is 9.71. The quantitative estimate of drug-likeness (QED) is 0.325. The largest absolute Gasteiger partial charge is 0.457 e. The van der Waals surface area contributed by atoms with Crippen molar-refractivity contribution in [2.75, 3.05) is 0 Å². The maximum atomic E-state index is 13.6. The number of ether oxygens (including phenoxy) is 2. The van der Waals surface area contributed by atoms with Crippen LogP contribution in [0.3, 0.4) is 0 Å². The number of ketones is 1. The van der Waals surface area contributed by atoms with Crippen molar-refractivity contribution >= 4 is 22.9 Å². The Morgan fingerprint density at radius 3 is 2.66 bits per heavy atom. The van der Waals surface area contributed by atoms with Crippen LogP contribution in [0.15, 0.2) is 35.3 Å². The van der Waals surface area contributed by atoms with E-state index in [1.807, 2.05) is 25.1 Å². The van der Waals surface area contributed by atoms with Gasteiger partial charge in [0.1, 0.15) is 17.4 Å². The molecule has 0 radical (unpaired) electrons. The van der Waals surface area contributed by atoms with Crippen molar-refractivity contribution in [2.24, 2.45) is 17.3 Å². The number of allylic oxidation sites excluding steroid dienone is 1. The Hall–Kier alpha value is -2.55. The molecule has 8 nitrogen and oxygen atoms in total. The Kier molecular flexibility index (Phi) is 8.17. The van der Waals surface area contributed by atoms with Gasteiger partial charge in [-0.2, -0.15) is 0 Å². The second kappa shape index (κ2) is 10.9. The lowest BCUT2D eigenvalue weighted by Gasteiger charge is -2.35. The van der Waals surface area contributed by atoms with Gasteiger partial charge in [-0.3, -0.25) is 9.59 Å². The number of Topliss-reactive ketones (excluding diaryl/α,β-unsaturated/α-hetero) is 1. The average molecular weight is 528 g/mol. The van der Waals surface area contributed by atoms with Crippen LogP contribution >= 0.6 is 0 Å². The summed E-state index contributed by atoms with van der Waals surface area (Å²) in [6.45, 7) is 12.8. The third-order valence-corrected chi connectivity index (χ3v) is 8.54. The number of carbonyl (C=O) groups is 2. The number of hydrogen-bond donors (Lipinski definition) is 2. The summed E-state index contributed by atoms with van der Waals surface area (Å²) in [5.41, 5.74) is 0.481. The van der Waals surface area contributed by atoms with E-state index in [-0.39, 0.29) is 29.8 Å². The molecule has 3 heterocycles. The molecule has 2 saturated heterocycles. The topological polar surface area (TPSA) is 122 Å². The van der Waals surface area contributed by atoms with Crippen LogP contribution in [0.5, 0.6) is 0 Å². The molecule has 2 aromatic rings. The highest BCUT2D eigenvalue weighted by atomic mass is 16.6. The van der Waals surface area contributed by atoms with Crippen molar-refractivity contribution in [3.05, 3.63) is 42.3 Å². The zero-order valence-electron chi connectivity index (χ0n) is 23.1. The molecule has 0 saturated carbocycles. The standard InChI is InChI=1S/C30H41NO7/c1-7-9-20-27(34)17(2)10-8-13-30(6)25(38-30)15-23(19-11-12-22-21(14-19)31-18(3)36-22)37-26(33)16-24(32)29(4,5)28(20)35/h7,11-12,14,17,20,23-25,27,32,34H,1,8-10,13,15-16H2,2-6H3/t17-,20-,23+,24+,25-,27-,30+/m1/s1. The number of aliphatic hydroxyl groups is 2. The van der Waals surface area contributed by atoms with E-state index in [2.05, 4.69) is 18.5 Å². The van der Waals surface area contributed by atoms with E-state index in [1.54, 1.807) is 26.8 Å². The number of epoxide rings is 1. The molecule has 0 bridgehead atoms. The monoisotopic (exact) mass is 527 g/mol. The van der Waals surface area contributed by atoms with Gasteiger partial charge >= 0.3 is 5.97 Å². The summed E-state index contributed by atoms with van der Waals surface area (Å²) in [6, 6.07) is 5.53. The van der Waals surface area contributed by atoms with Gasteiger partial charge in [0.2, 0.25) is 0 Å². The van der Waals surface area contributed by atoms with Crippen LogP contribution in [0.2, 0.25) is 0 Å². The lowest BCUT2D eigenvalue weighted by Crippen LogP contribution is -2.46. The van der Waals surface area contributed by atoms with E-state index in [4.69, 9.17) is 13.9 Å². The molecule has 1 aromatic heterocycles. The number of aromatic nitrogens is 1. The molecule has 0 aliphatic carbocycles. The van der Waals surface area contributed by atoms with E-state index in [1.165, 1.54) is 0 Å². The number of fused-ring (bicyclic) bond motifs is 2. The fraction of sp³-hybridized carbons (Fsp3) is 0.633. The molecular formula is C30H41NO7. The van der Waals surface area contributed by atoms with Crippen molar-refractivity contribution < 1.29 is 33.7 Å². The smallest absolute Gasteiger partial charge is 0.309 e. The summed E-state index contributed by atoms with van der Waals surface area (Å²) in [6.07, 6.45) is 1.50. The summed E-state index contributed by atoms with van der Waals surface area (Å²) in [5.74, 6) is -1.19. The van der Waals surface area contributed by atoms with Crippen LogP contribution in [-0.2, 0) is 19.1 Å². The van der Waals surface area contributed by atoms with Crippen molar-refractivity contribution in [2.45, 2.75) is 103 Å². The molecule has 2 aliphatic rings. The van der Waals surface area contributed by atoms with E-state index >= 15 is 0 Å². The molecule has 2 aliphatic heterocycles. The number of hydrogen-bond acceptors (Lipinski definition) is 8. The molecule has 0 spiro atoms. The van der Waals surface area contributed by atoms with Crippen LogP contribution < -0.4 is 0 Å². The van der Waals surface area contributed by atoms with Crippen LogP contribution in [0.1, 0.15) is 83.8 Å². The fourth-order valence-corrected chi connectivity index (χ4v) is 5.70. The molecule has 7 atom stereocenters. The number of cyclic esters (lactones) is 1. The molecule has 0 amide bonds. The molecule has 38 heavy (non-hydrogen) atoms. The zero-order chi connectivity index (χ0) is 27.8. The molecular weight excluding hydrogens is 486 g/mol. The fourth-order valence-electron chi connectivity index (χ4n) is 5.70. The number of aryl methyl sites for hydroxylation is 1. The van der Waals surface area contributed by atoms with Gasteiger partial charge in [0, 0.05) is 19.3 Å². The van der Waals surface area contributed by atoms with Gasteiger partial charge < -0.3 is 24.1 Å². The average Bonchev–Trinajstić information content (AvgIpc) is 3.32. The molecule has 1 aromatic carbocycles. The highest BCUT2D eigenvalue weighted by Crippen LogP contribution is 2.47. The van der Waals surface area contributed by atoms with Gasteiger partial charge in [0.25, 0.3) is 0 Å². The predicted octanol–water partition coefficient (Wildman–Crippen LogP) is 4.99. The second-order valence-electron chi connectivity index (χ2n) is 11.9. The third kappa shape index (κ3) is 5.87. The summed E-state index contributed by atoms with van der Waals surface area (Å²) in [7, 11) is 0. The number of aliphatic hydroxyl groups excluding tert-OH is 2. The minimum absolute atomic E-state index is 0.0976. The Balaban J connectivity index is 1.63. The Labute approximate surface area is 224 Å². The highest BCUT2D eigenvalue weighted by molar-refractivity contribution is 5.88. The van der Waals surface area contributed by atoms with Gasteiger partial charge in [-0.1, -0.05) is 39.3 Å². The first kappa shape index (κ1) is 28.5. The highest BCUT2D eigenvalue weighted by Gasteiger charge is 2.53. The van der Waals surface area contributed by atoms with E-state index in [0.717, 1.165) is 24.8 Å². The Morgan fingerprint density at radius 2 is 1.95 bits per heavy atom. The molecule has 8 heteroatoms. The first-order chi connectivity index (χ1) is 17.9. The van der Waals surface area contributed by atoms with Gasteiger partial charge in [-0.15, -0.1) is 6.58 Å². The molecule has 2 N–H and O–H groups in total. The predicted molar refractivity (Wildman–Crippen MR) is 142 cm³/mol. The summed E-state index contributed by atoms with van der Waals surface area (Å²) in [4.78, 5) is 31.1. The lowest BCUT2D eigenvalue weighted by molar-refractivity contribution is -0.156. The summed E-state index contributed by atoms with van der Waals surface area (Å²) >= 11 is 0. The number of rotatable bonds is 3. The van der Waals surface area contributed by atoms with Crippen molar-refractivity contribution in [3.63, 3.8) is 0 Å². The summed E-state index contributed by atoms with van der Waals surface area (Å²) in [5, 5.41) is 22.2. The number of carbonyl (C=O) groups excluding carboxylic acids is 2. The van der Waals surface area contributed by atoms with Crippen LogP contribution in [-0.4, -0.2) is 50.9 Å². The Morgan fingerprint density at radius 1 is 1.21 bits per heavy atom. The number of benzene rings is 1. The maximum Gasteiger partial charge on any atom is 0.309 e. The minimum atomic E-state index is -1.28. The zero-order valence-corrected chi connectivity index (χ0v) is 23.1. The maximum absolute atomic E-state index is 13.6. The van der Waals surface area contributed by atoms with Gasteiger partial charge in [-0.25, -0.2) is 4.98 Å². The number of nitrogens with zero attached hydrogens (tertiary/aromatic N) is 1. The van der Waals surface area contributed by atoms with E-state index < -0.39 is 35.6 Å². The normalized spacial score (nSPS) is 34.9. The van der Waals surface area contributed by atoms with Crippen molar-refractivity contribution in [1.82, 2.24) is 4.98 Å². The van der Waals surface area contributed by atoms with Gasteiger partial charge in [0.05, 0.1) is 35.7 Å². The molecule has 208 valence electrons. The SMILES string of the molecule is C=CC[C@H]1C(=O)C(C)(C)[C@@H](O)CC(=O)O[C@H](c2ccc3oc(C)nc3c2)C[C@H]2O[C@@]2(C)CCC[C@@H](C)[C@H]1O. The third-order valence-electron chi connectivity index (χ3n) is 8.54. The molecule has 2 fully saturated rings.